The molecule has 23 heavy (non-hydrogen) atoms. The Morgan fingerprint density at radius 1 is 1.17 bits per heavy atom. The molecule has 0 atom stereocenters. The summed E-state index contributed by atoms with van der Waals surface area (Å²) in [7, 11) is -1.94. The van der Waals surface area contributed by atoms with Crippen LogP contribution in [0.3, 0.4) is 0 Å². The molecule has 5 nitrogen and oxygen atoms in total. The third-order valence-electron chi connectivity index (χ3n) is 3.41. The molecule has 0 unspecified atom stereocenters. The van der Waals surface area contributed by atoms with Crippen molar-refractivity contribution in [3.63, 3.8) is 0 Å². The average molecular weight is 329 g/mol. The van der Waals surface area contributed by atoms with Crippen LogP contribution in [0, 0.1) is 0 Å². The molecule has 1 aromatic carbocycles. The summed E-state index contributed by atoms with van der Waals surface area (Å²) >= 11 is 0. The molecule has 0 amide bonds. The van der Waals surface area contributed by atoms with Crippen LogP contribution in [0.25, 0.3) is 11.1 Å². The highest BCUT2D eigenvalue weighted by Gasteiger charge is 2.18. The van der Waals surface area contributed by atoms with E-state index in [9.17, 15) is 8.42 Å². The lowest BCUT2D eigenvalue weighted by Gasteiger charge is -2.10. The van der Waals surface area contributed by atoms with Gasteiger partial charge in [-0.15, -0.1) is 0 Å². The number of rotatable bonds is 5. The molecular formula is C17H15NO4S. The van der Waals surface area contributed by atoms with Crippen molar-refractivity contribution in [1.82, 2.24) is 4.98 Å². The van der Waals surface area contributed by atoms with Gasteiger partial charge < -0.3 is 9.15 Å². The van der Waals surface area contributed by atoms with Gasteiger partial charge in [-0.1, -0.05) is 18.2 Å². The van der Waals surface area contributed by atoms with E-state index >= 15 is 0 Å². The van der Waals surface area contributed by atoms with Crippen molar-refractivity contribution in [3.8, 4) is 16.9 Å². The molecule has 0 spiro atoms. The Bertz CT molecular complexity index is 888. The molecule has 118 valence electrons. The highest BCUT2D eigenvalue weighted by atomic mass is 32.2. The Labute approximate surface area is 134 Å². The van der Waals surface area contributed by atoms with E-state index in [0.29, 0.717) is 11.3 Å². The van der Waals surface area contributed by atoms with Crippen LogP contribution in [0.4, 0.5) is 0 Å². The number of sulfone groups is 1. The molecule has 0 fully saturated rings. The van der Waals surface area contributed by atoms with Gasteiger partial charge in [0.25, 0.3) is 0 Å². The lowest BCUT2D eigenvalue weighted by atomic mass is 10.1. The van der Waals surface area contributed by atoms with Gasteiger partial charge in [-0.2, -0.15) is 0 Å². The van der Waals surface area contributed by atoms with E-state index < -0.39 is 9.84 Å². The predicted octanol–water partition coefficient (Wildman–Crippen LogP) is 3.32. The first-order valence-corrected chi connectivity index (χ1v) is 8.58. The molecular weight excluding hydrogens is 314 g/mol. The maximum atomic E-state index is 12.4. The van der Waals surface area contributed by atoms with Gasteiger partial charge in [0, 0.05) is 17.3 Å². The number of ether oxygens (including phenoxy) is 1. The van der Waals surface area contributed by atoms with Crippen molar-refractivity contribution in [2.24, 2.45) is 0 Å². The highest BCUT2D eigenvalue weighted by Crippen LogP contribution is 2.32. The number of hydrogen-bond donors (Lipinski definition) is 0. The summed E-state index contributed by atoms with van der Waals surface area (Å²) in [6.07, 6.45) is 4.66. The van der Waals surface area contributed by atoms with Crippen LogP contribution in [0.15, 0.2) is 70.6 Å². The smallest absolute Gasteiger partial charge is 0.199 e. The Morgan fingerprint density at radius 2 is 2.04 bits per heavy atom. The van der Waals surface area contributed by atoms with E-state index in [0.717, 1.165) is 11.1 Å². The van der Waals surface area contributed by atoms with E-state index in [-0.39, 0.29) is 10.8 Å². The van der Waals surface area contributed by atoms with Crippen LogP contribution in [-0.2, 0) is 15.6 Å². The predicted molar refractivity (Wildman–Crippen MR) is 85.8 cm³/mol. The van der Waals surface area contributed by atoms with Crippen LogP contribution in [0.5, 0.6) is 5.75 Å². The number of aromatic nitrogens is 1. The minimum atomic E-state index is -3.49. The molecule has 0 bridgehead atoms. The average Bonchev–Trinajstić information content (AvgIpc) is 3.09. The molecule has 6 heteroatoms. The number of methoxy groups -OCH3 is 1. The summed E-state index contributed by atoms with van der Waals surface area (Å²) in [6.45, 7) is 0. The normalized spacial score (nSPS) is 11.3. The van der Waals surface area contributed by atoms with Crippen LogP contribution in [0.1, 0.15) is 5.56 Å². The first-order valence-electron chi connectivity index (χ1n) is 6.93. The van der Waals surface area contributed by atoms with E-state index in [1.54, 1.807) is 43.9 Å². The maximum Gasteiger partial charge on any atom is 0.199 e. The van der Waals surface area contributed by atoms with Crippen LogP contribution in [0.2, 0.25) is 0 Å². The van der Waals surface area contributed by atoms with Crippen LogP contribution in [-0.4, -0.2) is 20.5 Å². The fraction of sp³-hybridized carbons (Fsp3) is 0.118. The monoisotopic (exact) mass is 329 g/mol. The van der Waals surface area contributed by atoms with Crippen LogP contribution >= 0.6 is 0 Å². The van der Waals surface area contributed by atoms with E-state index in [1.807, 2.05) is 12.1 Å². The van der Waals surface area contributed by atoms with Gasteiger partial charge in [-0.25, -0.2) is 13.4 Å². The first-order chi connectivity index (χ1) is 11.1. The Hall–Kier alpha value is -2.60. The zero-order chi connectivity index (χ0) is 16.3. The molecule has 3 aromatic rings. The van der Waals surface area contributed by atoms with Gasteiger partial charge in [0.05, 0.1) is 25.4 Å². The molecule has 2 heterocycles. The van der Waals surface area contributed by atoms with Crippen molar-refractivity contribution in [1.29, 1.82) is 0 Å². The minimum Gasteiger partial charge on any atom is -0.496 e. The third kappa shape index (κ3) is 3.27. The molecule has 0 radical (unpaired) electrons. The van der Waals surface area contributed by atoms with Gasteiger partial charge in [0.2, 0.25) is 0 Å². The summed E-state index contributed by atoms with van der Waals surface area (Å²) in [5, 5.41) is 0.0675. The molecule has 0 aliphatic heterocycles. The lowest BCUT2D eigenvalue weighted by molar-refractivity contribution is 0.416. The zero-order valence-electron chi connectivity index (χ0n) is 12.5. The standard InChI is InChI=1S/C17H15NO4S/c1-21-16-10-13(5-6-15(16)14-7-9-22-11-14)12-23(19,20)17-4-2-3-8-18-17/h2-11H,12H2,1H3. The molecule has 0 saturated carbocycles. The summed E-state index contributed by atoms with van der Waals surface area (Å²) < 4.78 is 35.2. The molecule has 0 N–H and O–H groups in total. The first kappa shape index (κ1) is 15.3. The van der Waals surface area contributed by atoms with Crippen molar-refractivity contribution in [3.05, 3.63) is 66.8 Å². The quantitative estimate of drug-likeness (QED) is 0.718. The number of furan rings is 1. The van der Waals surface area contributed by atoms with Crippen molar-refractivity contribution < 1.29 is 17.6 Å². The fourth-order valence-electron chi connectivity index (χ4n) is 2.31. The van der Waals surface area contributed by atoms with Crippen molar-refractivity contribution in [2.75, 3.05) is 7.11 Å². The Balaban J connectivity index is 1.93. The third-order valence-corrected chi connectivity index (χ3v) is 5.00. The summed E-state index contributed by atoms with van der Waals surface area (Å²) in [5.74, 6) is 0.464. The largest absolute Gasteiger partial charge is 0.496 e. The number of benzene rings is 1. The second-order valence-corrected chi connectivity index (χ2v) is 6.91. The molecule has 0 aliphatic carbocycles. The maximum absolute atomic E-state index is 12.4. The Morgan fingerprint density at radius 3 is 2.70 bits per heavy atom. The topological polar surface area (TPSA) is 69.4 Å². The molecule has 0 aliphatic rings. The second-order valence-electron chi connectivity index (χ2n) is 4.97. The van der Waals surface area contributed by atoms with Crippen molar-refractivity contribution >= 4 is 9.84 Å². The molecule has 0 saturated heterocycles. The highest BCUT2D eigenvalue weighted by molar-refractivity contribution is 7.90. The van der Waals surface area contributed by atoms with Gasteiger partial charge >= 0.3 is 0 Å². The number of nitrogens with zero attached hydrogens (tertiary/aromatic N) is 1. The van der Waals surface area contributed by atoms with E-state index in [2.05, 4.69) is 4.98 Å². The molecule has 2 aromatic heterocycles. The number of pyridine rings is 1. The summed E-state index contributed by atoms with van der Waals surface area (Å²) in [4.78, 5) is 3.92. The SMILES string of the molecule is COc1cc(CS(=O)(=O)c2ccccn2)ccc1-c1ccoc1. The lowest BCUT2D eigenvalue weighted by Crippen LogP contribution is -2.07. The van der Waals surface area contributed by atoms with Gasteiger partial charge in [-0.05, 0) is 29.8 Å². The van der Waals surface area contributed by atoms with E-state index in [4.69, 9.17) is 9.15 Å². The summed E-state index contributed by atoms with van der Waals surface area (Å²) in [5.41, 5.74) is 2.36. The fourth-order valence-corrected chi connectivity index (χ4v) is 3.58. The van der Waals surface area contributed by atoms with Gasteiger partial charge in [0.1, 0.15) is 5.75 Å². The minimum absolute atomic E-state index is 0.0675. The van der Waals surface area contributed by atoms with Gasteiger partial charge in [0.15, 0.2) is 14.9 Å². The zero-order valence-corrected chi connectivity index (χ0v) is 13.3. The van der Waals surface area contributed by atoms with E-state index in [1.165, 1.54) is 12.3 Å². The second kappa shape index (κ2) is 6.26. The van der Waals surface area contributed by atoms with Gasteiger partial charge in [-0.3, -0.25) is 0 Å². The van der Waals surface area contributed by atoms with Crippen molar-refractivity contribution in [2.45, 2.75) is 10.8 Å². The number of hydrogen-bond acceptors (Lipinski definition) is 5. The van der Waals surface area contributed by atoms with Crippen LogP contribution < -0.4 is 4.74 Å². The Kier molecular flexibility index (Phi) is 4.16. The molecule has 3 rings (SSSR count). The summed E-state index contributed by atoms with van der Waals surface area (Å²) in [6, 6.07) is 12.0.